The summed E-state index contributed by atoms with van der Waals surface area (Å²) in [6, 6.07) is 19.1. The number of allylic oxidation sites excluding steroid dienone is 1. The molecule has 0 bridgehead atoms. The van der Waals surface area contributed by atoms with E-state index in [-0.39, 0.29) is 16.4 Å². The maximum absolute atomic E-state index is 13.9. The summed E-state index contributed by atoms with van der Waals surface area (Å²) in [5.74, 6) is 0.867. The van der Waals surface area contributed by atoms with E-state index in [9.17, 15) is 13.2 Å². The average Bonchev–Trinajstić information content (AvgIpc) is 3.71. The zero-order valence-electron chi connectivity index (χ0n) is 20.7. The second-order valence-electron chi connectivity index (χ2n) is 9.42. The highest BCUT2D eigenvalue weighted by Crippen LogP contribution is 2.45. The van der Waals surface area contributed by atoms with Crippen LogP contribution in [0.1, 0.15) is 47.2 Å². The number of nitrogens with zero attached hydrogens (tertiary/aromatic N) is 2. The SMILES string of the molecule is O=C(c1cccc(S(=O)(=O)Nc2ccc(Cl)cc2)c1)N1N=C2/C(=C/c3ccco3)CCC[C@H]2[C@H]1c1ccco1. The molecular weight excluding hydrogens is 538 g/mol. The van der Waals surface area contributed by atoms with Crippen molar-refractivity contribution < 1.29 is 22.0 Å². The molecule has 1 aliphatic heterocycles. The summed E-state index contributed by atoms with van der Waals surface area (Å²) in [7, 11) is -3.96. The van der Waals surface area contributed by atoms with E-state index in [2.05, 4.69) is 4.72 Å². The molecule has 1 amide bonds. The zero-order valence-corrected chi connectivity index (χ0v) is 22.2. The van der Waals surface area contributed by atoms with Gasteiger partial charge in [-0.25, -0.2) is 13.4 Å². The largest absolute Gasteiger partial charge is 0.467 e. The van der Waals surface area contributed by atoms with Crippen molar-refractivity contribution in [2.24, 2.45) is 11.0 Å². The van der Waals surface area contributed by atoms with Gasteiger partial charge in [0.15, 0.2) is 0 Å². The third-order valence-corrected chi connectivity index (χ3v) is 8.52. The molecule has 1 saturated carbocycles. The van der Waals surface area contributed by atoms with Crippen LogP contribution in [-0.2, 0) is 10.0 Å². The maximum Gasteiger partial charge on any atom is 0.274 e. The number of sulfonamides is 1. The van der Waals surface area contributed by atoms with Gasteiger partial charge >= 0.3 is 0 Å². The number of hydrazone groups is 1. The van der Waals surface area contributed by atoms with Crippen molar-refractivity contribution in [1.29, 1.82) is 0 Å². The summed E-state index contributed by atoms with van der Waals surface area (Å²) in [5, 5.41) is 6.73. The molecule has 198 valence electrons. The highest BCUT2D eigenvalue weighted by molar-refractivity contribution is 7.92. The quantitative estimate of drug-likeness (QED) is 0.280. The average molecular weight is 562 g/mol. The first kappa shape index (κ1) is 25.2. The Balaban J connectivity index is 1.34. The van der Waals surface area contributed by atoms with E-state index < -0.39 is 22.0 Å². The molecule has 39 heavy (non-hydrogen) atoms. The second-order valence-corrected chi connectivity index (χ2v) is 11.5. The number of amides is 1. The molecule has 6 rings (SSSR count). The molecule has 0 saturated heterocycles. The minimum atomic E-state index is -3.96. The molecule has 0 unspecified atom stereocenters. The molecule has 2 aliphatic rings. The number of hydrogen-bond donors (Lipinski definition) is 1. The van der Waals surface area contributed by atoms with Crippen LogP contribution in [0.25, 0.3) is 6.08 Å². The topological polar surface area (TPSA) is 105 Å². The zero-order chi connectivity index (χ0) is 27.0. The van der Waals surface area contributed by atoms with Crippen molar-refractivity contribution >= 4 is 45.0 Å². The van der Waals surface area contributed by atoms with E-state index in [0.29, 0.717) is 16.5 Å². The molecule has 3 heterocycles. The Morgan fingerprint density at radius 2 is 1.82 bits per heavy atom. The summed E-state index contributed by atoms with van der Waals surface area (Å²) in [6.07, 6.45) is 7.74. The minimum absolute atomic E-state index is 0.0412. The van der Waals surface area contributed by atoms with E-state index in [4.69, 9.17) is 25.5 Å². The number of hydrogen-bond acceptors (Lipinski definition) is 6. The molecule has 1 fully saturated rings. The molecule has 10 heteroatoms. The predicted molar refractivity (Wildman–Crippen MR) is 148 cm³/mol. The lowest BCUT2D eigenvalue weighted by atomic mass is 9.79. The first-order valence-corrected chi connectivity index (χ1v) is 14.3. The normalized spacial score (nSPS) is 20.1. The molecule has 8 nitrogen and oxygen atoms in total. The Morgan fingerprint density at radius 1 is 1.03 bits per heavy atom. The Bertz CT molecular complexity index is 1660. The van der Waals surface area contributed by atoms with Crippen molar-refractivity contribution in [2.75, 3.05) is 4.72 Å². The highest BCUT2D eigenvalue weighted by atomic mass is 35.5. The first-order valence-electron chi connectivity index (χ1n) is 12.5. The smallest absolute Gasteiger partial charge is 0.274 e. The van der Waals surface area contributed by atoms with Gasteiger partial charge in [0.05, 0.1) is 23.1 Å². The lowest BCUT2D eigenvalue weighted by Gasteiger charge is -2.27. The lowest BCUT2D eigenvalue weighted by Crippen LogP contribution is -2.31. The third-order valence-electron chi connectivity index (χ3n) is 6.89. The molecule has 2 aromatic heterocycles. The number of rotatable bonds is 6. The monoisotopic (exact) mass is 561 g/mol. The van der Waals surface area contributed by atoms with Crippen molar-refractivity contribution in [2.45, 2.75) is 30.2 Å². The van der Waals surface area contributed by atoms with Crippen LogP contribution in [0.5, 0.6) is 0 Å². The van der Waals surface area contributed by atoms with Crippen LogP contribution in [0.15, 0.2) is 110 Å². The van der Waals surface area contributed by atoms with Gasteiger partial charge in [-0.05, 0) is 97.6 Å². The summed E-state index contributed by atoms with van der Waals surface area (Å²) in [4.78, 5) is 13.9. The van der Waals surface area contributed by atoms with Crippen molar-refractivity contribution in [1.82, 2.24) is 5.01 Å². The number of furan rings is 2. The van der Waals surface area contributed by atoms with Gasteiger partial charge in [0, 0.05) is 22.2 Å². The van der Waals surface area contributed by atoms with Gasteiger partial charge in [-0.15, -0.1) is 0 Å². The van der Waals surface area contributed by atoms with Crippen LogP contribution in [0.4, 0.5) is 5.69 Å². The van der Waals surface area contributed by atoms with E-state index >= 15 is 0 Å². The number of halogens is 1. The predicted octanol–water partition coefficient (Wildman–Crippen LogP) is 6.76. The molecule has 2 aromatic carbocycles. The van der Waals surface area contributed by atoms with Crippen molar-refractivity contribution in [3.63, 3.8) is 0 Å². The molecule has 2 atom stereocenters. The molecule has 1 N–H and O–H groups in total. The summed E-state index contributed by atoms with van der Waals surface area (Å²) in [5.41, 5.74) is 2.39. The summed E-state index contributed by atoms with van der Waals surface area (Å²) < 4.78 is 40.0. The van der Waals surface area contributed by atoms with Gasteiger partial charge < -0.3 is 8.83 Å². The van der Waals surface area contributed by atoms with Gasteiger partial charge in [0.1, 0.15) is 17.6 Å². The fourth-order valence-electron chi connectivity index (χ4n) is 5.11. The molecule has 4 aromatic rings. The van der Waals surface area contributed by atoms with Crippen LogP contribution in [0.2, 0.25) is 5.02 Å². The fraction of sp³-hybridized carbons (Fsp3) is 0.172. The van der Waals surface area contributed by atoms with Crippen LogP contribution in [-0.4, -0.2) is 25.0 Å². The number of fused-ring (bicyclic) bond motifs is 1. The van der Waals surface area contributed by atoms with Crippen molar-refractivity contribution in [3.05, 3.63) is 113 Å². The number of benzene rings is 2. The number of carbonyl (C=O) groups is 1. The Hall–Kier alpha value is -4.08. The van der Waals surface area contributed by atoms with E-state index in [1.165, 1.54) is 17.1 Å². The first-order chi connectivity index (χ1) is 18.9. The second kappa shape index (κ2) is 10.2. The van der Waals surface area contributed by atoms with E-state index in [0.717, 1.165) is 36.3 Å². The van der Waals surface area contributed by atoms with E-state index in [1.807, 2.05) is 24.3 Å². The highest BCUT2D eigenvalue weighted by Gasteiger charge is 2.45. The van der Waals surface area contributed by atoms with Gasteiger partial charge in [-0.1, -0.05) is 17.7 Å². The van der Waals surface area contributed by atoms with Crippen LogP contribution in [0.3, 0.4) is 0 Å². The number of carbonyl (C=O) groups excluding carboxylic acids is 1. The van der Waals surface area contributed by atoms with Gasteiger partial charge in [-0.2, -0.15) is 5.10 Å². The fourth-order valence-corrected chi connectivity index (χ4v) is 6.34. The summed E-state index contributed by atoms with van der Waals surface area (Å²) >= 11 is 5.91. The minimum Gasteiger partial charge on any atom is -0.467 e. The third kappa shape index (κ3) is 5.03. The molecule has 0 spiro atoms. The Labute approximate surface area is 230 Å². The van der Waals surface area contributed by atoms with Crippen LogP contribution < -0.4 is 4.72 Å². The van der Waals surface area contributed by atoms with Gasteiger partial charge in [0.2, 0.25) is 0 Å². The number of anilines is 1. The van der Waals surface area contributed by atoms with Crippen molar-refractivity contribution in [3.8, 4) is 0 Å². The van der Waals surface area contributed by atoms with Crippen LogP contribution in [0, 0.1) is 5.92 Å². The summed E-state index contributed by atoms with van der Waals surface area (Å²) in [6.45, 7) is 0. The molecule has 1 aliphatic carbocycles. The van der Waals surface area contributed by atoms with Crippen LogP contribution >= 0.6 is 11.6 Å². The number of nitrogens with one attached hydrogen (secondary N) is 1. The maximum atomic E-state index is 13.9. The standard InChI is InChI=1S/C29H24ClN3O5S/c30-21-11-13-22(14-12-21)32-39(35,36)24-8-1-6-20(18-24)29(34)33-28(26-10-4-16-38-26)25-9-2-5-19(27(25)31-33)17-23-7-3-15-37-23/h1,3-4,6-8,10-18,25,28,32H,2,5,9H2/b19-17+/t25-,28+/m1/s1. The van der Waals surface area contributed by atoms with E-state index in [1.54, 1.807) is 55.0 Å². The molecule has 0 radical (unpaired) electrons. The Morgan fingerprint density at radius 3 is 2.56 bits per heavy atom. The lowest BCUT2D eigenvalue weighted by molar-refractivity contribution is 0.0656. The van der Waals surface area contributed by atoms with Gasteiger partial charge in [-0.3, -0.25) is 9.52 Å². The van der Waals surface area contributed by atoms with Gasteiger partial charge in [0.25, 0.3) is 15.9 Å². The Kier molecular flexibility index (Phi) is 6.62. The molecular formula is C29H24ClN3O5S.